The highest BCUT2D eigenvalue weighted by Gasteiger charge is 2.09. The van der Waals surface area contributed by atoms with E-state index in [1.54, 1.807) is 30.9 Å². The van der Waals surface area contributed by atoms with E-state index in [1.807, 2.05) is 43.3 Å². The Bertz CT molecular complexity index is 761. The number of hydrazone groups is 1. The van der Waals surface area contributed by atoms with Crippen LogP contribution in [0, 0.1) is 6.92 Å². The summed E-state index contributed by atoms with van der Waals surface area (Å²) >= 11 is 1.56. The van der Waals surface area contributed by atoms with Crippen molar-refractivity contribution in [2.45, 2.75) is 6.92 Å². The lowest BCUT2D eigenvalue weighted by Gasteiger charge is -2.01. The van der Waals surface area contributed by atoms with Crippen molar-refractivity contribution in [2.24, 2.45) is 5.10 Å². The first-order chi connectivity index (χ1) is 10.8. The summed E-state index contributed by atoms with van der Waals surface area (Å²) in [6.07, 6.45) is 3.22. The molecule has 1 aromatic carbocycles. The average Bonchev–Trinajstić information content (AvgIpc) is 3.17. The fourth-order valence-electron chi connectivity index (χ4n) is 1.98. The Balaban J connectivity index is 1.75. The van der Waals surface area contributed by atoms with Crippen molar-refractivity contribution < 1.29 is 9.15 Å². The van der Waals surface area contributed by atoms with E-state index < -0.39 is 0 Å². The Morgan fingerprint density at radius 2 is 2.09 bits per heavy atom. The zero-order valence-electron chi connectivity index (χ0n) is 12.2. The highest BCUT2D eigenvalue weighted by molar-refractivity contribution is 7.15. The van der Waals surface area contributed by atoms with Crippen LogP contribution in [0.3, 0.4) is 0 Å². The molecule has 0 aliphatic carbocycles. The lowest BCUT2D eigenvalue weighted by Crippen LogP contribution is -1.89. The maximum atomic E-state index is 5.17. The van der Waals surface area contributed by atoms with Crippen LogP contribution in [-0.4, -0.2) is 18.3 Å². The molecule has 2 aromatic heterocycles. The van der Waals surface area contributed by atoms with Crippen LogP contribution in [0.2, 0.25) is 0 Å². The number of furan rings is 1. The van der Waals surface area contributed by atoms with E-state index >= 15 is 0 Å². The lowest BCUT2D eigenvalue weighted by molar-refractivity contribution is 0.415. The Morgan fingerprint density at radius 3 is 2.77 bits per heavy atom. The van der Waals surface area contributed by atoms with Crippen LogP contribution < -0.4 is 10.2 Å². The number of rotatable bonds is 5. The molecule has 0 saturated heterocycles. The minimum Gasteiger partial charge on any atom is -0.497 e. The molecule has 0 spiro atoms. The number of thiazole rings is 1. The van der Waals surface area contributed by atoms with Crippen molar-refractivity contribution in [3.05, 3.63) is 53.3 Å². The van der Waals surface area contributed by atoms with E-state index in [1.165, 1.54) is 0 Å². The number of hydrogen-bond acceptors (Lipinski definition) is 6. The zero-order chi connectivity index (χ0) is 15.4. The molecular formula is C16H15N3O2S. The third-order valence-corrected chi connectivity index (χ3v) is 3.93. The molecule has 0 unspecified atom stereocenters. The molecule has 0 saturated carbocycles. The van der Waals surface area contributed by atoms with Gasteiger partial charge in [0.05, 0.1) is 25.3 Å². The minimum absolute atomic E-state index is 0.691. The number of anilines is 1. The number of nitrogens with one attached hydrogen (secondary N) is 1. The topological polar surface area (TPSA) is 59.6 Å². The van der Waals surface area contributed by atoms with Gasteiger partial charge in [-0.25, -0.2) is 4.98 Å². The van der Waals surface area contributed by atoms with Gasteiger partial charge in [0.15, 0.2) is 0 Å². The highest BCUT2D eigenvalue weighted by Crippen LogP contribution is 2.31. The van der Waals surface area contributed by atoms with Crippen LogP contribution >= 0.6 is 11.3 Å². The first-order valence-electron chi connectivity index (χ1n) is 6.70. The standard InChI is InChI=1S/C16H15N3O2S/c1-11-15(12-5-7-13(20-2)8-6-12)18-16(22-11)19-17-10-14-4-3-9-21-14/h3-10H,1-2H3,(H,18,19)/b17-10-. The van der Waals surface area contributed by atoms with Gasteiger partial charge in [0.2, 0.25) is 5.13 Å². The molecule has 0 aliphatic rings. The second kappa shape index (κ2) is 6.44. The molecule has 2 heterocycles. The lowest BCUT2D eigenvalue weighted by atomic mass is 10.1. The van der Waals surface area contributed by atoms with E-state index in [0.717, 1.165) is 27.0 Å². The summed E-state index contributed by atoms with van der Waals surface area (Å²) in [5.41, 5.74) is 4.93. The molecule has 3 rings (SSSR count). The van der Waals surface area contributed by atoms with Crippen LogP contribution in [0.4, 0.5) is 5.13 Å². The molecule has 0 aliphatic heterocycles. The van der Waals surface area contributed by atoms with Gasteiger partial charge < -0.3 is 9.15 Å². The molecule has 5 nitrogen and oxygen atoms in total. The highest BCUT2D eigenvalue weighted by atomic mass is 32.1. The summed E-state index contributed by atoms with van der Waals surface area (Å²) in [5, 5.41) is 4.86. The normalized spacial score (nSPS) is 11.0. The fraction of sp³-hybridized carbons (Fsp3) is 0.125. The van der Waals surface area contributed by atoms with Crippen molar-refractivity contribution in [2.75, 3.05) is 12.5 Å². The molecule has 0 amide bonds. The van der Waals surface area contributed by atoms with Gasteiger partial charge in [0.1, 0.15) is 11.5 Å². The first-order valence-corrected chi connectivity index (χ1v) is 7.52. The number of methoxy groups -OCH3 is 1. The van der Waals surface area contributed by atoms with Crippen molar-refractivity contribution in [3.8, 4) is 17.0 Å². The number of benzene rings is 1. The largest absolute Gasteiger partial charge is 0.497 e. The SMILES string of the molecule is COc1ccc(-c2nc(N/N=C\c3ccco3)sc2C)cc1. The number of aryl methyl sites for hydroxylation is 1. The van der Waals surface area contributed by atoms with Crippen molar-refractivity contribution in [1.82, 2.24) is 4.98 Å². The minimum atomic E-state index is 0.691. The third-order valence-electron chi connectivity index (χ3n) is 3.06. The maximum absolute atomic E-state index is 5.17. The summed E-state index contributed by atoms with van der Waals surface area (Å²) in [6, 6.07) is 11.5. The van der Waals surface area contributed by atoms with Gasteiger partial charge in [-0.05, 0) is 43.3 Å². The van der Waals surface area contributed by atoms with Gasteiger partial charge in [-0.15, -0.1) is 11.3 Å². The number of aromatic nitrogens is 1. The second-order valence-corrected chi connectivity index (χ2v) is 5.74. The van der Waals surface area contributed by atoms with Crippen molar-refractivity contribution >= 4 is 22.7 Å². The summed E-state index contributed by atoms with van der Waals surface area (Å²) in [5.74, 6) is 1.52. The molecule has 0 radical (unpaired) electrons. The number of ether oxygens (including phenoxy) is 1. The number of hydrogen-bond donors (Lipinski definition) is 1. The smallest absolute Gasteiger partial charge is 0.204 e. The van der Waals surface area contributed by atoms with Crippen LogP contribution in [-0.2, 0) is 0 Å². The van der Waals surface area contributed by atoms with Gasteiger partial charge >= 0.3 is 0 Å². The fourth-order valence-corrected chi connectivity index (χ4v) is 2.76. The summed E-state index contributed by atoms with van der Waals surface area (Å²) in [7, 11) is 1.65. The van der Waals surface area contributed by atoms with E-state index in [-0.39, 0.29) is 0 Å². The summed E-state index contributed by atoms with van der Waals surface area (Å²) in [4.78, 5) is 5.70. The molecule has 22 heavy (non-hydrogen) atoms. The predicted molar refractivity (Wildman–Crippen MR) is 88.8 cm³/mol. The second-order valence-electron chi connectivity index (χ2n) is 4.54. The molecule has 1 N–H and O–H groups in total. The van der Waals surface area contributed by atoms with E-state index in [0.29, 0.717) is 5.76 Å². The molecule has 112 valence electrons. The van der Waals surface area contributed by atoms with Crippen molar-refractivity contribution in [3.63, 3.8) is 0 Å². The average molecular weight is 313 g/mol. The van der Waals surface area contributed by atoms with Gasteiger partial charge in [0, 0.05) is 10.4 Å². The van der Waals surface area contributed by atoms with Crippen molar-refractivity contribution in [1.29, 1.82) is 0 Å². The number of nitrogens with zero attached hydrogens (tertiary/aromatic N) is 2. The Hall–Kier alpha value is -2.60. The molecule has 0 atom stereocenters. The van der Waals surface area contributed by atoms with Crippen LogP contribution in [0.5, 0.6) is 5.75 Å². The van der Waals surface area contributed by atoms with Gasteiger partial charge in [0.25, 0.3) is 0 Å². The maximum Gasteiger partial charge on any atom is 0.204 e. The van der Waals surface area contributed by atoms with Gasteiger partial charge in [-0.2, -0.15) is 5.10 Å². The van der Waals surface area contributed by atoms with E-state index in [9.17, 15) is 0 Å². The zero-order valence-corrected chi connectivity index (χ0v) is 13.1. The molecule has 3 aromatic rings. The summed E-state index contributed by atoms with van der Waals surface area (Å²) < 4.78 is 10.3. The Labute approximate surface area is 132 Å². The molecule has 6 heteroatoms. The Morgan fingerprint density at radius 1 is 1.27 bits per heavy atom. The molecule has 0 bridgehead atoms. The third kappa shape index (κ3) is 3.17. The van der Waals surface area contributed by atoms with Crippen LogP contribution in [0.15, 0.2) is 52.2 Å². The van der Waals surface area contributed by atoms with Crippen LogP contribution in [0.1, 0.15) is 10.6 Å². The monoisotopic (exact) mass is 313 g/mol. The molecule has 0 fully saturated rings. The van der Waals surface area contributed by atoms with E-state index in [4.69, 9.17) is 9.15 Å². The predicted octanol–water partition coefficient (Wildman–Crippen LogP) is 4.17. The van der Waals surface area contributed by atoms with Gasteiger partial charge in [-0.1, -0.05) is 0 Å². The summed E-state index contributed by atoms with van der Waals surface area (Å²) in [6.45, 7) is 2.04. The molecular weight excluding hydrogens is 298 g/mol. The van der Waals surface area contributed by atoms with E-state index in [2.05, 4.69) is 15.5 Å². The first kappa shape index (κ1) is 14.3. The van der Waals surface area contributed by atoms with Gasteiger partial charge in [-0.3, -0.25) is 5.43 Å². The quantitative estimate of drug-likeness (QED) is 0.567. The van der Waals surface area contributed by atoms with Crippen LogP contribution in [0.25, 0.3) is 11.3 Å². The Kier molecular flexibility index (Phi) is 4.20.